The van der Waals surface area contributed by atoms with Crippen LogP contribution in [0.5, 0.6) is 0 Å². The van der Waals surface area contributed by atoms with Crippen molar-refractivity contribution >= 4 is 12.0 Å². The van der Waals surface area contributed by atoms with Crippen molar-refractivity contribution in [3.8, 4) is 11.4 Å². The van der Waals surface area contributed by atoms with Gasteiger partial charge in [0.1, 0.15) is 5.82 Å². The average molecular weight is 384 g/mol. The lowest BCUT2D eigenvalue weighted by Crippen LogP contribution is -2.39. The van der Waals surface area contributed by atoms with E-state index in [9.17, 15) is 14.7 Å². The molecule has 0 spiro atoms. The second-order valence-electron chi connectivity index (χ2n) is 7.22. The molecule has 1 fully saturated rings. The highest BCUT2D eigenvalue weighted by Crippen LogP contribution is 2.26. The third-order valence-electron chi connectivity index (χ3n) is 5.42. The zero-order valence-corrected chi connectivity index (χ0v) is 15.6. The van der Waals surface area contributed by atoms with E-state index in [1.54, 1.807) is 0 Å². The zero-order valence-electron chi connectivity index (χ0n) is 15.6. The Morgan fingerprint density at radius 3 is 2.64 bits per heavy atom. The number of carboxylic acid groups (broad SMARTS) is 1. The van der Waals surface area contributed by atoms with Crippen LogP contribution in [0.15, 0.2) is 30.3 Å². The third-order valence-corrected chi connectivity index (χ3v) is 5.42. The van der Waals surface area contributed by atoms with Gasteiger partial charge in [-0.1, -0.05) is 30.3 Å². The molecule has 2 aromatic rings. The van der Waals surface area contributed by atoms with Crippen molar-refractivity contribution in [2.75, 3.05) is 26.3 Å². The normalized spacial score (nSPS) is 17.2. The summed E-state index contributed by atoms with van der Waals surface area (Å²) >= 11 is 0. The lowest BCUT2D eigenvalue weighted by molar-refractivity contribution is 0.0641. The molecule has 1 aromatic carbocycles. The third kappa shape index (κ3) is 3.73. The van der Waals surface area contributed by atoms with E-state index in [1.165, 1.54) is 4.90 Å². The van der Waals surface area contributed by atoms with E-state index in [1.807, 2.05) is 34.9 Å². The fraction of sp³-hybridized carbons (Fsp3) is 0.450. The van der Waals surface area contributed by atoms with Gasteiger partial charge in [0.2, 0.25) is 0 Å². The maximum absolute atomic E-state index is 12.9. The van der Waals surface area contributed by atoms with Crippen LogP contribution in [0.25, 0.3) is 11.4 Å². The molecule has 0 radical (unpaired) electrons. The first kappa shape index (κ1) is 18.5. The number of nitrogens with one attached hydrogen (secondary N) is 1. The summed E-state index contributed by atoms with van der Waals surface area (Å²) in [5.74, 6) is 0.863. The SMILES string of the molecule is O=C(NCC1CCOCC1)c1nc(-c2ccccc2)n2c1CN(C(=O)O)CC2. The van der Waals surface area contributed by atoms with Crippen molar-refractivity contribution < 1.29 is 19.4 Å². The van der Waals surface area contributed by atoms with Gasteiger partial charge in [0.05, 0.1) is 12.2 Å². The second kappa shape index (κ2) is 8.02. The molecule has 1 saturated heterocycles. The number of carbonyl (C=O) groups excluding carboxylic acids is 1. The maximum Gasteiger partial charge on any atom is 0.407 e. The molecular weight excluding hydrogens is 360 g/mol. The summed E-state index contributed by atoms with van der Waals surface area (Å²) < 4.78 is 7.33. The Bertz CT molecular complexity index is 859. The number of benzene rings is 1. The molecule has 2 N–H and O–H groups in total. The molecule has 0 atom stereocenters. The highest BCUT2D eigenvalue weighted by Gasteiger charge is 2.30. The number of imidazole rings is 1. The van der Waals surface area contributed by atoms with Gasteiger partial charge in [0.25, 0.3) is 5.91 Å². The van der Waals surface area contributed by atoms with E-state index < -0.39 is 6.09 Å². The van der Waals surface area contributed by atoms with Crippen LogP contribution < -0.4 is 5.32 Å². The first-order chi connectivity index (χ1) is 13.6. The Hall–Kier alpha value is -2.87. The molecule has 0 saturated carbocycles. The van der Waals surface area contributed by atoms with Gasteiger partial charge in [0.15, 0.2) is 5.69 Å². The van der Waals surface area contributed by atoms with Gasteiger partial charge >= 0.3 is 6.09 Å². The number of hydrogen-bond acceptors (Lipinski definition) is 4. The predicted molar refractivity (Wildman–Crippen MR) is 102 cm³/mol. The predicted octanol–water partition coefficient (Wildman–Crippen LogP) is 2.20. The van der Waals surface area contributed by atoms with Crippen molar-refractivity contribution in [2.45, 2.75) is 25.9 Å². The van der Waals surface area contributed by atoms with Crippen molar-refractivity contribution in [3.05, 3.63) is 41.7 Å². The van der Waals surface area contributed by atoms with Gasteiger partial charge in [0, 0.05) is 38.4 Å². The van der Waals surface area contributed by atoms with E-state index in [-0.39, 0.29) is 12.5 Å². The quantitative estimate of drug-likeness (QED) is 0.842. The molecule has 0 bridgehead atoms. The fourth-order valence-corrected chi connectivity index (χ4v) is 3.79. The monoisotopic (exact) mass is 384 g/mol. The fourth-order valence-electron chi connectivity index (χ4n) is 3.79. The summed E-state index contributed by atoms with van der Waals surface area (Å²) in [5.41, 5.74) is 1.88. The number of rotatable bonds is 4. The molecule has 2 amide bonds. The number of aromatic nitrogens is 2. The standard InChI is InChI=1S/C20H24N4O4/c25-19(21-12-14-6-10-28-11-7-14)17-16-13-23(20(26)27)8-9-24(16)18(22-17)15-4-2-1-3-5-15/h1-5,14H,6-13H2,(H,21,25)(H,26,27). The molecule has 3 heterocycles. The van der Waals surface area contributed by atoms with Crippen LogP contribution in [0, 0.1) is 5.92 Å². The summed E-state index contributed by atoms with van der Waals surface area (Å²) in [7, 11) is 0. The van der Waals surface area contributed by atoms with Gasteiger partial charge < -0.3 is 24.6 Å². The Morgan fingerprint density at radius 1 is 1.18 bits per heavy atom. The van der Waals surface area contributed by atoms with E-state index in [2.05, 4.69) is 10.3 Å². The number of hydrogen-bond donors (Lipinski definition) is 2. The Morgan fingerprint density at radius 2 is 1.93 bits per heavy atom. The Labute approximate surface area is 163 Å². The van der Waals surface area contributed by atoms with Crippen molar-refractivity contribution in [1.82, 2.24) is 19.8 Å². The number of amides is 2. The highest BCUT2D eigenvalue weighted by molar-refractivity contribution is 5.94. The molecule has 148 valence electrons. The van der Waals surface area contributed by atoms with Gasteiger partial charge in [-0.25, -0.2) is 9.78 Å². The van der Waals surface area contributed by atoms with Crippen LogP contribution in [0.2, 0.25) is 0 Å². The highest BCUT2D eigenvalue weighted by atomic mass is 16.5. The van der Waals surface area contributed by atoms with Crippen LogP contribution in [-0.2, 0) is 17.8 Å². The minimum absolute atomic E-state index is 0.162. The first-order valence-electron chi connectivity index (χ1n) is 9.62. The molecule has 2 aliphatic rings. The van der Waals surface area contributed by atoms with Gasteiger partial charge in [-0.2, -0.15) is 0 Å². The van der Waals surface area contributed by atoms with Crippen molar-refractivity contribution in [3.63, 3.8) is 0 Å². The molecule has 1 aromatic heterocycles. The first-order valence-corrected chi connectivity index (χ1v) is 9.62. The van der Waals surface area contributed by atoms with Crippen LogP contribution >= 0.6 is 0 Å². The van der Waals surface area contributed by atoms with E-state index in [0.717, 1.165) is 31.6 Å². The van der Waals surface area contributed by atoms with E-state index in [0.29, 0.717) is 42.8 Å². The molecule has 0 aliphatic carbocycles. The lowest BCUT2D eigenvalue weighted by Gasteiger charge is -2.27. The van der Waals surface area contributed by atoms with Gasteiger partial charge in [-0.15, -0.1) is 0 Å². The summed E-state index contributed by atoms with van der Waals surface area (Å²) in [4.78, 5) is 30.3. The van der Waals surface area contributed by atoms with Crippen LogP contribution in [0.3, 0.4) is 0 Å². The Kier molecular flexibility index (Phi) is 5.29. The van der Waals surface area contributed by atoms with Crippen LogP contribution in [-0.4, -0.2) is 57.9 Å². The topological polar surface area (TPSA) is 96.7 Å². The van der Waals surface area contributed by atoms with Gasteiger partial charge in [-0.3, -0.25) is 4.79 Å². The Balaban J connectivity index is 1.61. The van der Waals surface area contributed by atoms with Crippen LogP contribution in [0.4, 0.5) is 4.79 Å². The largest absolute Gasteiger partial charge is 0.465 e. The summed E-state index contributed by atoms with van der Waals surface area (Å²) in [6.07, 6.45) is 0.884. The molecule has 0 unspecified atom stereocenters. The lowest BCUT2D eigenvalue weighted by atomic mass is 10.0. The maximum atomic E-state index is 12.9. The number of ether oxygens (including phenoxy) is 1. The second-order valence-corrected chi connectivity index (χ2v) is 7.22. The van der Waals surface area contributed by atoms with Crippen molar-refractivity contribution in [1.29, 1.82) is 0 Å². The molecule has 8 nitrogen and oxygen atoms in total. The minimum atomic E-state index is -0.984. The summed E-state index contributed by atoms with van der Waals surface area (Å²) in [6.45, 7) is 3.05. The molecular formula is C20H24N4O4. The number of carbonyl (C=O) groups is 2. The average Bonchev–Trinajstić information content (AvgIpc) is 3.12. The van der Waals surface area contributed by atoms with Crippen LogP contribution in [0.1, 0.15) is 29.0 Å². The smallest absolute Gasteiger partial charge is 0.407 e. The van der Waals surface area contributed by atoms with E-state index in [4.69, 9.17) is 4.74 Å². The summed E-state index contributed by atoms with van der Waals surface area (Å²) in [5, 5.41) is 12.4. The van der Waals surface area contributed by atoms with Gasteiger partial charge in [-0.05, 0) is 18.8 Å². The van der Waals surface area contributed by atoms with E-state index >= 15 is 0 Å². The number of nitrogens with zero attached hydrogens (tertiary/aromatic N) is 3. The minimum Gasteiger partial charge on any atom is -0.465 e. The van der Waals surface area contributed by atoms with Crippen molar-refractivity contribution in [2.24, 2.45) is 5.92 Å². The number of fused-ring (bicyclic) bond motifs is 1. The zero-order chi connectivity index (χ0) is 19.5. The molecule has 8 heteroatoms. The molecule has 4 rings (SSSR count). The molecule has 2 aliphatic heterocycles. The molecule has 28 heavy (non-hydrogen) atoms. The summed E-state index contributed by atoms with van der Waals surface area (Å²) in [6, 6.07) is 9.67.